The summed E-state index contributed by atoms with van der Waals surface area (Å²) in [6.07, 6.45) is 4.01. The van der Waals surface area contributed by atoms with Gasteiger partial charge in [0.2, 0.25) is 0 Å². The molecule has 1 aliphatic rings. The molecule has 7 heteroatoms. The maximum absolute atomic E-state index is 12.0. The molecule has 0 saturated carbocycles. The zero-order valence-corrected chi connectivity index (χ0v) is 15.4. The van der Waals surface area contributed by atoms with Crippen LogP contribution in [-0.2, 0) is 0 Å². The van der Waals surface area contributed by atoms with Crippen molar-refractivity contribution in [3.05, 3.63) is 41.7 Å². The molecule has 138 valence electrons. The number of rotatable bonds is 6. The Hall–Kier alpha value is -2.83. The Morgan fingerprint density at radius 3 is 2.50 bits per heavy atom. The Labute approximate surface area is 154 Å². The van der Waals surface area contributed by atoms with Crippen molar-refractivity contribution in [2.75, 3.05) is 41.7 Å². The molecule has 1 aromatic heterocycles. The zero-order chi connectivity index (χ0) is 18.4. The van der Waals surface area contributed by atoms with Crippen molar-refractivity contribution in [1.82, 2.24) is 15.3 Å². The van der Waals surface area contributed by atoms with Gasteiger partial charge in [0.25, 0.3) is 0 Å². The summed E-state index contributed by atoms with van der Waals surface area (Å²) in [6, 6.07) is 7.72. The minimum absolute atomic E-state index is 0.211. The third kappa shape index (κ3) is 5.08. The summed E-state index contributed by atoms with van der Waals surface area (Å²) in [6.45, 7) is 7.22. The second kappa shape index (κ2) is 8.51. The first kappa shape index (κ1) is 18.0. The topological polar surface area (TPSA) is 82.2 Å². The quantitative estimate of drug-likeness (QED) is 0.695. The molecule has 0 atom stereocenters. The highest BCUT2D eigenvalue weighted by atomic mass is 16.2. The molecular weight excluding hydrogens is 328 g/mol. The van der Waals surface area contributed by atoms with Gasteiger partial charge in [-0.1, -0.05) is 6.07 Å². The Morgan fingerprint density at radius 2 is 1.77 bits per heavy atom. The molecule has 1 fully saturated rings. The molecule has 0 aliphatic carbocycles. The molecule has 0 radical (unpaired) electrons. The SMILES string of the molecule is Cc1cc(C)cc(NC(=O)NCCNc2cc(N3CCCC3)ncn2)c1. The second-order valence-electron chi connectivity index (χ2n) is 6.64. The number of carbonyl (C=O) groups is 1. The van der Waals surface area contributed by atoms with E-state index in [2.05, 4.69) is 36.9 Å². The maximum Gasteiger partial charge on any atom is 0.319 e. The average Bonchev–Trinajstić information content (AvgIpc) is 3.13. The summed E-state index contributed by atoms with van der Waals surface area (Å²) in [5.74, 6) is 1.74. The van der Waals surface area contributed by atoms with Gasteiger partial charge in [-0.05, 0) is 49.9 Å². The molecule has 26 heavy (non-hydrogen) atoms. The van der Waals surface area contributed by atoms with Crippen molar-refractivity contribution >= 4 is 23.4 Å². The largest absolute Gasteiger partial charge is 0.368 e. The number of urea groups is 1. The van der Waals surface area contributed by atoms with Crippen LogP contribution < -0.4 is 20.9 Å². The van der Waals surface area contributed by atoms with Gasteiger partial charge in [-0.15, -0.1) is 0 Å². The molecule has 2 heterocycles. The van der Waals surface area contributed by atoms with Crippen LogP contribution in [0.5, 0.6) is 0 Å². The summed E-state index contributed by atoms with van der Waals surface area (Å²) in [7, 11) is 0. The molecule has 2 amide bonds. The van der Waals surface area contributed by atoms with Crippen LogP contribution >= 0.6 is 0 Å². The van der Waals surface area contributed by atoms with Crippen LogP contribution in [0.3, 0.4) is 0 Å². The van der Waals surface area contributed by atoms with Crippen molar-refractivity contribution in [2.24, 2.45) is 0 Å². The lowest BCUT2D eigenvalue weighted by Crippen LogP contribution is -2.32. The van der Waals surface area contributed by atoms with E-state index in [-0.39, 0.29) is 6.03 Å². The van der Waals surface area contributed by atoms with E-state index in [9.17, 15) is 4.79 Å². The van der Waals surface area contributed by atoms with E-state index in [0.717, 1.165) is 41.5 Å². The van der Waals surface area contributed by atoms with E-state index in [4.69, 9.17) is 0 Å². The lowest BCUT2D eigenvalue weighted by molar-refractivity contribution is 0.252. The van der Waals surface area contributed by atoms with Gasteiger partial charge in [-0.3, -0.25) is 0 Å². The first-order valence-electron chi connectivity index (χ1n) is 9.04. The van der Waals surface area contributed by atoms with Gasteiger partial charge in [-0.25, -0.2) is 14.8 Å². The first-order valence-corrected chi connectivity index (χ1v) is 9.04. The standard InChI is InChI=1S/C19H26N6O/c1-14-9-15(2)11-16(10-14)24-19(26)21-6-5-20-17-12-18(23-13-22-17)25-7-3-4-8-25/h9-13H,3-8H2,1-2H3,(H,20,22,23)(H2,21,24,26). The number of nitrogens with one attached hydrogen (secondary N) is 3. The molecule has 7 nitrogen and oxygen atoms in total. The van der Waals surface area contributed by atoms with Crippen molar-refractivity contribution in [3.63, 3.8) is 0 Å². The number of hydrogen-bond donors (Lipinski definition) is 3. The van der Waals surface area contributed by atoms with Crippen molar-refractivity contribution in [2.45, 2.75) is 26.7 Å². The molecular formula is C19H26N6O. The summed E-state index contributed by atoms with van der Waals surface area (Å²) in [5.41, 5.74) is 3.05. The van der Waals surface area contributed by atoms with Crippen molar-refractivity contribution < 1.29 is 4.79 Å². The Kier molecular flexibility index (Phi) is 5.88. The van der Waals surface area contributed by atoms with Crippen LogP contribution in [0.15, 0.2) is 30.6 Å². The molecule has 1 saturated heterocycles. The highest BCUT2D eigenvalue weighted by Crippen LogP contribution is 2.19. The van der Waals surface area contributed by atoms with Gasteiger partial charge >= 0.3 is 6.03 Å². The van der Waals surface area contributed by atoms with E-state index in [0.29, 0.717) is 13.1 Å². The number of benzene rings is 1. The minimum Gasteiger partial charge on any atom is -0.368 e. The van der Waals surface area contributed by atoms with Crippen LogP contribution in [0, 0.1) is 13.8 Å². The lowest BCUT2D eigenvalue weighted by Gasteiger charge is -2.16. The Morgan fingerprint density at radius 1 is 1.04 bits per heavy atom. The molecule has 3 N–H and O–H groups in total. The molecule has 0 unspecified atom stereocenters. The summed E-state index contributed by atoms with van der Waals surface area (Å²) in [5, 5.41) is 8.93. The van der Waals surface area contributed by atoms with Crippen molar-refractivity contribution in [3.8, 4) is 0 Å². The van der Waals surface area contributed by atoms with Crippen LogP contribution in [0.25, 0.3) is 0 Å². The van der Waals surface area contributed by atoms with Crippen LogP contribution in [0.1, 0.15) is 24.0 Å². The minimum atomic E-state index is -0.211. The third-order valence-corrected chi connectivity index (χ3v) is 4.28. The number of hydrogen-bond acceptors (Lipinski definition) is 5. The van der Waals surface area contributed by atoms with E-state index in [1.165, 1.54) is 12.8 Å². The Balaban J connectivity index is 1.42. The molecule has 3 rings (SSSR count). The van der Waals surface area contributed by atoms with Crippen LogP contribution in [0.4, 0.5) is 22.1 Å². The lowest BCUT2D eigenvalue weighted by atomic mass is 10.1. The number of aryl methyl sites for hydroxylation is 2. The predicted molar refractivity (Wildman–Crippen MR) is 105 cm³/mol. The molecule has 1 aliphatic heterocycles. The van der Waals surface area contributed by atoms with Gasteiger partial charge in [0.15, 0.2) is 0 Å². The summed E-state index contributed by atoms with van der Waals surface area (Å²) in [4.78, 5) is 22.8. The highest BCUT2D eigenvalue weighted by molar-refractivity contribution is 5.89. The van der Waals surface area contributed by atoms with Crippen LogP contribution in [-0.4, -0.2) is 42.2 Å². The van der Waals surface area contributed by atoms with Gasteiger partial charge in [0, 0.05) is 37.9 Å². The second-order valence-corrected chi connectivity index (χ2v) is 6.64. The van der Waals surface area contributed by atoms with Gasteiger partial charge < -0.3 is 20.9 Å². The van der Waals surface area contributed by atoms with E-state index < -0.39 is 0 Å². The molecule has 2 aromatic rings. The number of carbonyl (C=O) groups excluding carboxylic acids is 1. The highest BCUT2D eigenvalue weighted by Gasteiger charge is 2.13. The predicted octanol–water partition coefficient (Wildman–Crippen LogP) is 2.93. The van der Waals surface area contributed by atoms with E-state index >= 15 is 0 Å². The first-order chi connectivity index (χ1) is 12.6. The third-order valence-electron chi connectivity index (χ3n) is 4.28. The molecule has 0 spiro atoms. The molecule has 0 bridgehead atoms. The number of nitrogens with zero attached hydrogens (tertiary/aromatic N) is 3. The number of amides is 2. The van der Waals surface area contributed by atoms with E-state index in [1.54, 1.807) is 6.33 Å². The summed E-state index contributed by atoms with van der Waals surface area (Å²) < 4.78 is 0. The number of anilines is 3. The Bertz CT molecular complexity index is 737. The van der Waals surface area contributed by atoms with Crippen LogP contribution in [0.2, 0.25) is 0 Å². The fourth-order valence-electron chi connectivity index (χ4n) is 3.15. The van der Waals surface area contributed by atoms with Gasteiger partial charge in [0.1, 0.15) is 18.0 Å². The smallest absolute Gasteiger partial charge is 0.319 e. The monoisotopic (exact) mass is 354 g/mol. The van der Waals surface area contributed by atoms with Crippen molar-refractivity contribution in [1.29, 1.82) is 0 Å². The van der Waals surface area contributed by atoms with E-state index in [1.807, 2.05) is 32.0 Å². The maximum atomic E-state index is 12.0. The number of aromatic nitrogens is 2. The fraction of sp³-hybridized carbons (Fsp3) is 0.421. The van der Waals surface area contributed by atoms with Gasteiger partial charge in [-0.2, -0.15) is 0 Å². The summed E-state index contributed by atoms with van der Waals surface area (Å²) >= 11 is 0. The van der Waals surface area contributed by atoms with Gasteiger partial charge in [0.05, 0.1) is 0 Å². The average molecular weight is 354 g/mol. The zero-order valence-electron chi connectivity index (χ0n) is 15.4. The fourth-order valence-corrected chi connectivity index (χ4v) is 3.15. The molecule has 1 aromatic carbocycles. The normalized spacial score (nSPS) is 13.5.